The molecule has 8 heteroatoms. The number of para-hydroxylation sites is 1. The molecule has 0 saturated heterocycles. The van der Waals surface area contributed by atoms with Gasteiger partial charge >= 0.3 is 0 Å². The number of nitrogens with zero attached hydrogens (tertiary/aromatic N) is 4. The minimum atomic E-state index is 0.329. The fraction of sp³-hybridized carbons (Fsp3) is 0.217. The number of rotatable bonds is 8. The summed E-state index contributed by atoms with van der Waals surface area (Å²) in [5.74, 6) is 1.13. The Morgan fingerprint density at radius 3 is 2.74 bits per heavy atom. The Kier molecular flexibility index (Phi) is 6.44. The standard InChI is InChI=1S/C23H23BClN5O/c1-29(15-16-7-2-5-10-21(16)31)12-6-11-26-22-13-20(17-8-3-4-9-19(17)25)28-23-18(24)14-27-30(22)23/h2-5,7-10,13-14,26,31H,6,11-12,15H2,1H3. The summed E-state index contributed by atoms with van der Waals surface area (Å²) in [6, 6.07) is 17.0. The van der Waals surface area contributed by atoms with Gasteiger partial charge in [0.1, 0.15) is 19.4 Å². The van der Waals surface area contributed by atoms with Crippen molar-refractivity contribution in [2.75, 3.05) is 25.5 Å². The molecule has 156 valence electrons. The van der Waals surface area contributed by atoms with E-state index in [-0.39, 0.29) is 0 Å². The Morgan fingerprint density at radius 1 is 1.16 bits per heavy atom. The quantitative estimate of drug-likeness (QED) is 0.330. The Hall–Kier alpha value is -3.03. The van der Waals surface area contributed by atoms with Crippen molar-refractivity contribution in [3.8, 4) is 17.0 Å². The zero-order valence-electron chi connectivity index (χ0n) is 17.3. The lowest BCUT2D eigenvalue weighted by Crippen LogP contribution is -2.21. The molecule has 2 N–H and O–H groups in total. The molecule has 4 aromatic rings. The molecule has 4 rings (SSSR count). The Morgan fingerprint density at radius 2 is 1.94 bits per heavy atom. The van der Waals surface area contributed by atoms with Gasteiger partial charge in [-0.3, -0.25) is 0 Å². The summed E-state index contributed by atoms with van der Waals surface area (Å²) in [5.41, 5.74) is 3.61. The second kappa shape index (κ2) is 9.41. The molecule has 0 aliphatic carbocycles. The third kappa shape index (κ3) is 4.84. The highest BCUT2D eigenvalue weighted by molar-refractivity contribution is 6.36. The number of hydrogen-bond donors (Lipinski definition) is 2. The first-order chi connectivity index (χ1) is 15.0. The van der Waals surface area contributed by atoms with Crippen molar-refractivity contribution in [2.24, 2.45) is 0 Å². The van der Waals surface area contributed by atoms with Crippen LogP contribution < -0.4 is 10.8 Å². The first-order valence-corrected chi connectivity index (χ1v) is 10.5. The van der Waals surface area contributed by atoms with Gasteiger partial charge in [-0.2, -0.15) is 9.61 Å². The minimum absolute atomic E-state index is 0.329. The summed E-state index contributed by atoms with van der Waals surface area (Å²) in [4.78, 5) is 6.84. The highest BCUT2D eigenvalue weighted by Crippen LogP contribution is 2.28. The largest absolute Gasteiger partial charge is 0.508 e. The van der Waals surface area contributed by atoms with E-state index >= 15 is 0 Å². The van der Waals surface area contributed by atoms with Crippen molar-refractivity contribution in [2.45, 2.75) is 13.0 Å². The topological polar surface area (TPSA) is 65.7 Å². The van der Waals surface area contributed by atoms with Crippen molar-refractivity contribution in [1.82, 2.24) is 19.5 Å². The monoisotopic (exact) mass is 431 g/mol. The fourth-order valence-electron chi connectivity index (χ4n) is 3.49. The second-order valence-corrected chi connectivity index (χ2v) is 7.90. The van der Waals surface area contributed by atoms with Gasteiger partial charge in [-0.1, -0.05) is 48.0 Å². The lowest BCUT2D eigenvalue weighted by Gasteiger charge is -2.18. The van der Waals surface area contributed by atoms with E-state index in [2.05, 4.69) is 20.3 Å². The highest BCUT2D eigenvalue weighted by Gasteiger charge is 2.12. The number of anilines is 1. The van der Waals surface area contributed by atoms with E-state index < -0.39 is 0 Å². The van der Waals surface area contributed by atoms with Crippen molar-refractivity contribution in [3.63, 3.8) is 0 Å². The van der Waals surface area contributed by atoms with E-state index in [0.717, 1.165) is 42.1 Å². The van der Waals surface area contributed by atoms with Gasteiger partial charge in [0.05, 0.1) is 5.69 Å². The maximum absolute atomic E-state index is 9.95. The highest BCUT2D eigenvalue weighted by atomic mass is 35.5. The normalized spacial score (nSPS) is 11.3. The number of benzene rings is 2. The van der Waals surface area contributed by atoms with Crippen LogP contribution in [0.4, 0.5) is 5.82 Å². The van der Waals surface area contributed by atoms with Crippen LogP contribution in [-0.4, -0.2) is 52.6 Å². The number of halogens is 1. The molecule has 2 heterocycles. The predicted molar refractivity (Wildman–Crippen MR) is 126 cm³/mol. The van der Waals surface area contributed by atoms with Gasteiger partial charge in [0.2, 0.25) is 0 Å². The van der Waals surface area contributed by atoms with Crippen molar-refractivity contribution in [3.05, 3.63) is 71.4 Å². The lowest BCUT2D eigenvalue weighted by molar-refractivity contribution is 0.319. The minimum Gasteiger partial charge on any atom is -0.508 e. The van der Waals surface area contributed by atoms with Gasteiger partial charge in [-0.25, -0.2) is 4.98 Å². The lowest BCUT2D eigenvalue weighted by atomic mass is 10.0. The second-order valence-electron chi connectivity index (χ2n) is 7.49. The van der Waals surface area contributed by atoms with Crippen LogP contribution >= 0.6 is 11.6 Å². The van der Waals surface area contributed by atoms with Gasteiger partial charge in [0.25, 0.3) is 0 Å². The fourth-order valence-corrected chi connectivity index (χ4v) is 3.73. The number of aromatic hydroxyl groups is 1. The van der Waals surface area contributed by atoms with E-state index in [9.17, 15) is 5.11 Å². The van der Waals surface area contributed by atoms with E-state index in [1.165, 1.54) is 0 Å². The summed E-state index contributed by atoms with van der Waals surface area (Å²) in [5, 5.41) is 18.4. The zero-order chi connectivity index (χ0) is 21.8. The summed E-state index contributed by atoms with van der Waals surface area (Å²) < 4.78 is 1.71. The average molecular weight is 432 g/mol. The van der Waals surface area contributed by atoms with E-state index in [4.69, 9.17) is 19.4 Å². The number of nitrogens with one attached hydrogen (secondary N) is 1. The Labute approximate surface area is 187 Å². The van der Waals surface area contributed by atoms with Gasteiger partial charge in [0, 0.05) is 41.5 Å². The number of fused-ring (bicyclic) bond motifs is 1. The summed E-state index contributed by atoms with van der Waals surface area (Å²) in [6.45, 7) is 2.30. The molecule has 0 spiro atoms. The van der Waals surface area contributed by atoms with E-state index in [0.29, 0.717) is 28.4 Å². The van der Waals surface area contributed by atoms with Crippen molar-refractivity contribution >= 4 is 36.4 Å². The smallest absolute Gasteiger partial charge is 0.150 e. The molecular formula is C23H23BClN5O. The summed E-state index contributed by atoms with van der Waals surface area (Å²) >= 11 is 6.38. The molecule has 2 aromatic carbocycles. The number of aromatic nitrogens is 3. The molecule has 0 unspecified atom stereocenters. The molecule has 0 amide bonds. The van der Waals surface area contributed by atoms with Crippen molar-refractivity contribution < 1.29 is 5.11 Å². The third-order valence-corrected chi connectivity index (χ3v) is 5.43. The Bertz CT molecular complexity index is 1200. The number of hydrogen-bond acceptors (Lipinski definition) is 5. The predicted octanol–water partition coefficient (Wildman–Crippen LogP) is 3.48. The van der Waals surface area contributed by atoms with Crippen LogP contribution in [0.2, 0.25) is 5.02 Å². The maximum Gasteiger partial charge on any atom is 0.150 e. The van der Waals surface area contributed by atoms with Crippen LogP contribution in [0.1, 0.15) is 12.0 Å². The number of phenolic OH excluding ortho intramolecular Hbond substituents is 1. The zero-order valence-corrected chi connectivity index (χ0v) is 18.0. The molecule has 0 atom stereocenters. The van der Waals surface area contributed by atoms with E-state index in [1.807, 2.05) is 55.6 Å². The molecule has 0 bridgehead atoms. The van der Waals surface area contributed by atoms with Crippen LogP contribution in [0.15, 0.2) is 60.8 Å². The van der Waals surface area contributed by atoms with Crippen LogP contribution in [0.5, 0.6) is 5.75 Å². The average Bonchev–Trinajstić information content (AvgIpc) is 3.14. The molecule has 2 aromatic heterocycles. The van der Waals surface area contributed by atoms with Gasteiger partial charge in [0.15, 0.2) is 5.65 Å². The summed E-state index contributed by atoms with van der Waals surface area (Å²) in [7, 11) is 8.12. The first-order valence-electron chi connectivity index (χ1n) is 10.1. The molecule has 31 heavy (non-hydrogen) atoms. The molecule has 6 nitrogen and oxygen atoms in total. The molecule has 0 fully saturated rings. The van der Waals surface area contributed by atoms with Crippen LogP contribution in [-0.2, 0) is 6.54 Å². The van der Waals surface area contributed by atoms with Crippen molar-refractivity contribution in [1.29, 1.82) is 0 Å². The molecular weight excluding hydrogens is 409 g/mol. The SMILES string of the molecule is [B]c1cnn2c(NCCCN(C)Cc3ccccc3O)cc(-c3ccccc3Cl)nc12. The Balaban J connectivity index is 1.45. The first kappa shape index (κ1) is 21.2. The molecule has 0 aliphatic rings. The van der Waals surface area contributed by atoms with Crippen LogP contribution in [0.3, 0.4) is 0 Å². The van der Waals surface area contributed by atoms with E-state index in [1.54, 1.807) is 16.8 Å². The maximum atomic E-state index is 9.95. The van der Waals surface area contributed by atoms with Gasteiger partial charge in [-0.15, -0.1) is 0 Å². The third-order valence-electron chi connectivity index (χ3n) is 5.10. The summed E-state index contributed by atoms with van der Waals surface area (Å²) in [6.07, 6.45) is 2.51. The van der Waals surface area contributed by atoms with Gasteiger partial charge < -0.3 is 15.3 Å². The van der Waals surface area contributed by atoms with Crippen LogP contribution in [0, 0.1) is 0 Å². The number of phenols is 1. The molecule has 2 radical (unpaired) electrons. The molecule has 0 aliphatic heterocycles. The van der Waals surface area contributed by atoms with Crippen LogP contribution in [0.25, 0.3) is 16.9 Å². The van der Waals surface area contributed by atoms with Gasteiger partial charge in [-0.05, 0) is 37.6 Å². The molecule has 0 saturated carbocycles.